The van der Waals surface area contributed by atoms with E-state index in [2.05, 4.69) is 24.4 Å². The Hall–Kier alpha value is -1.77. The third-order valence-corrected chi connectivity index (χ3v) is 3.90. The molecular formula is C17H21NO2. The summed E-state index contributed by atoms with van der Waals surface area (Å²) in [5, 5.41) is 4.20. The summed E-state index contributed by atoms with van der Waals surface area (Å²) in [5.41, 5.74) is 3.48. The molecule has 106 valence electrons. The molecule has 1 aromatic carbocycles. The predicted molar refractivity (Wildman–Crippen MR) is 79.6 cm³/mol. The van der Waals surface area contributed by atoms with Crippen LogP contribution in [0.3, 0.4) is 0 Å². The molecular weight excluding hydrogens is 250 g/mol. The van der Waals surface area contributed by atoms with Crippen molar-refractivity contribution in [3.05, 3.63) is 35.6 Å². The normalized spacial score (nSPS) is 14.7. The quantitative estimate of drug-likeness (QED) is 0.874. The number of rotatable bonds is 6. The molecule has 3 heteroatoms. The smallest absolute Gasteiger partial charge is 0.223 e. The van der Waals surface area contributed by atoms with Gasteiger partial charge < -0.3 is 9.73 Å². The molecule has 1 saturated carbocycles. The fraction of sp³-hybridized carbons (Fsp3) is 0.471. The van der Waals surface area contributed by atoms with Gasteiger partial charge in [0.05, 0.1) is 6.26 Å². The van der Waals surface area contributed by atoms with Crippen molar-refractivity contribution in [3.63, 3.8) is 0 Å². The van der Waals surface area contributed by atoms with Crippen molar-refractivity contribution in [1.82, 2.24) is 5.32 Å². The van der Waals surface area contributed by atoms with Gasteiger partial charge in [-0.2, -0.15) is 0 Å². The summed E-state index contributed by atoms with van der Waals surface area (Å²) in [4.78, 5) is 11.6. The number of hydrogen-bond acceptors (Lipinski definition) is 2. The fourth-order valence-corrected chi connectivity index (χ4v) is 2.58. The van der Waals surface area contributed by atoms with Crippen LogP contribution in [0.2, 0.25) is 0 Å². The van der Waals surface area contributed by atoms with Crippen LogP contribution >= 0.6 is 0 Å². The minimum Gasteiger partial charge on any atom is -0.464 e. The number of carbonyl (C=O) groups excluding carboxylic acids is 1. The Morgan fingerprint density at radius 1 is 1.35 bits per heavy atom. The van der Waals surface area contributed by atoms with Crippen molar-refractivity contribution in [2.75, 3.05) is 6.54 Å². The van der Waals surface area contributed by atoms with E-state index in [-0.39, 0.29) is 11.8 Å². The molecule has 1 heterocycles. The minimum absolute atomic E-state index is 0.212. The van der Waals surface area contributed by atoms with Gasteiger partial charge in [-0.3, -0.25) is 4.79 Å². The maximum Gasteiger partial charge on any atom is 0.223 e. The first-order valence-electron chi connectivity index (χ1n) is 7.54. The number of fused-ring (bicyclic) bond motifs is 1. The van der Waals surface area contributed by atoms with Gasteiger partial charge in [0.1, 0.15) is 5.58 Å². The Morgan fingerprint density at radius 3 is 2.95 bits per heavy atom. The van der Waals surface area contributed by atoms with E-state index >= 15 is 0 Å². The average molecular weight is 271 g/mol. The molecule has 0 saturated heterocycles. The van der Waals surface area contributed by atoms with Gasteiger partial charge >= 0.3 is 0 Å². The Morgan fingerprint density at radius 2 is 2.20 bits per heavy atom. The molecule has 1 amide bonds. The van der Waals surface area contributed by atoms with Crippen LogP contribution in [0.1, 0.15) is 37.3 Å². The van der Waals surface area contributed by atoms with E-state index < -0.39 is 0 Å². The lowest BCUT2D eigenvalue weighted by atomic mass is 10.0. The van der Waals surface area contributed by atoms with E-state index in [0.717, 1.165) is 37.7 Å². The van der Waals surface area contributed by atoms with Gasteiger partial charge in [-0.05, 0) is 48.9 Å². The number of hydrogen-bond donors (Lipinski definition) is 1. The van der Waals surface area contributed by atoms with Gasteiger partial charge in [-0.1, -0.05) is 19.4 Å². The molecule has 3 rings (SSSR count). The first-order chi connectivity index (χ1) is 9.78. The molecule has 1 aliphatic carbocycles. The number of furan rings is 1. The number of amides is 1. The Labute approximate surface area is 119 Å². The molecule has 1 fully saturated rings. The highest BCUT2D eigenvalue weighted by molar-refractivity contribution is 5.82. The zero-order valence-electron chi connectivity index (χ0n) is 11.9. The summed E-state index contributed by atoms with van der Waals surface area (Å²) in [7, 11) is 0. The molecule has 0 spiro atoms. The number of benzene rings is 1. The second kappa shape index (κ2) is 5.70. The summed E-state index contributed by atoms with van der Waals surface area (Å²) in [6.45, 7) is 2.88. The van der Waals surface area contributed by atoms with E-state index in [4.69, 9.17) is 4.42 Å². The summed E-state index contributed by atoms with van der Waals surface area (Å²) in [6, 6.07) is 6.40. The Kier molecular flexibility index (Phi) is 3.77. The van der Waals surface area contributed by atoms with E-state index in [0.29, 0.717) is 6.54 Å². The molecule has 3 nitrogen and oxygen atoms in total. The average Bonchev–Trinajstić information content (AvgIpc) is 3.22. The zero-order chi connectivity index (χ0) is 13.9. The molecule has 1 N–H and O–H groups in total. The van der Waals surface area contributed by atoms with Crippen LogP contribution < -0.4 is 5.32 Å². The van der Waals surface area contributed by atoms with Crippen molar-refractivity contribution in [2.45, 2.75) is 39.0 Å². The summed E-state index contributed by atoms with van der Waals surface area (Å²) >= 11 is 0. The van der Waals surface area contributed by atoms with Gasteiger partial charge in [0.2, 0.25) is 5.91 Å². The molecule has 20 heavy (non-hydrogen) atoms. The van der Waals surface area contributed by atoms with Crippen molar-refractivity contribution in [2.24, 2.45) is 5.92 Å². The minimum atomic E-state index is 0.212. The fourth-order valence-electron chi connectivity index (χ4n) is 2.58. The van der Waals surface area contributed by atoms with Gasteiger partial charge in [-0.25, -0.2) is 0 Å². The van der Waals surface area contributed by atoms with Crippen molar-refractivity contribution >= 4 is 16.9 Å². The van der Waals surface area contributed by atoms with Crippen LogP contribution in [0.25, 0.3) is 11.0 Å². The monoisotopic (exact) mass is 271 g/mol. The first kappa shape index (κ1) is 13.2. The van der Waals surface area contributed by atoms with Crippen LogP contribution in [-0.4, -0.2) is 12.5 Å². The molecule has 0 bridgehead atoms. The second-order valence-electron chi connectivity index (χ2n) is 5.66. The SMILES string of the molecule is CCCc1ccc2occ(CCNC(=O)C3CC3)c2c1. The zero-order valence-corrected chi connectivity index (χ0v) is 11.9. The van der Waals surface area contributed by atoms with Crippen LogP contribution in [-0.2, 0) is 17.6 Å². The lowest BCUT2D eigenvalue weighted by Crippen LogP contribution is -2.26. The van der Waals surface area contributed by atoms with Crippen LogP contribution in [0.15, 0.2) is 28.9 Å². The molecule has 2 aromatic rings. The van der Waals surface area contributed by atoms with Crippen molar-refractivity contribution in [1.29, 1.82) is 0 Å². The standard InChI is InChI=1S/C17H21NO2/c1-2-3-12-4-7-16-15(10-12)14(11-20-16)8-9-18-17(19)13-5-6-13/h4,7,10-11,13H,2-3,5-6,8-9H2,1H3,(H,18,19). The Balaban J connectivity index is 1.67. The number of aryl methyl sites for hydroxylation is 1. The summed E-state index contributed by atoms with van der Waals surface area (Å²) < 4.78 is 5.59. The third kappa shape index (κ3) is 2.87. The Bertz CT molecular complexity index is 610. The topological polar surface area (TPSA) is 42.2 Å². The highest BCUT2D eigenvalue weighted by atomic mass is 16.3. The third-order valence-electron chi connectivity index (χ3n) is 3.90. The van der Waals surface area contributed by atoms with Crippen LogP contribution in [0, 0.1) is 5.92 Å². The van der Waals surface area contributed by atoms with E-state index in [1.54, 1.807) is 0 Å². The van der Waals surface area contributed by atoms with E-state index in [1.807, 2.05) is 12.3 Å². The summed E-state index contributed by atoms with van der Waals surface area (Å²) in [6.07, 6.45) is 7.02. The number of carbonyl (C=O) groups is 1. The van der Waals surface area contributed by atoms with E-state index in [1.165, 1.54) is 16.5 Å². The predicted octanol–water partition coefficient (Wildman–Crippen LogP) is 3.45. The first-order valence-corrected chi connectivity index (χ1v) is 7.54. The molecule has 0 aliphatic heterocycles. The van der Waals surface area contributed by atoms with Gasteiger partial charge in [0.15, 0.2) is 0 Å². The maximum atomic E-state index is 11.6. The lowest BCUT2D eigenvalue weighted by molar-refractivity contribution is -0.122. The molecule has 0 radical (unpaired) electrons. The maximum absolute atomic E-state index is 11.6. The van der Waals surface area contributed by atoms with Gasteiger partial charge in [0, 0.05) is 17.8 Å². The highest BCUT2D eigenvalue weighted by Gasteiger charge is 2.29. The van der Waals surface area contributed by atoms with Crippen molar-refractivity contribution in [3.8, 4) is 0 Å². The lowest BCUT2D eigenvalue weighted by Gasteiger charge is -2.03. The highest BCUT2D eigenvalue weighted by Crippen LogP contribution is 2.28. The molecule has 0 atom stereocenters. The van der Waals surface area contributed by atoms with Crippen molar-refractivity contribution < 1.29 is 9.21 Å². The van der Waals surface area contributed by atoms with Gasteiger partial charge in [-0.15, -0.1) is 0 Å². The van der Waals surface area contributed by atoms with Crippen LogP contribution in [0.4, 0.5) is 0 Å². The second-order valence-corrected chi connectivity index (χ2v) is 5.66. The molecule has 0 unspecified atom stereocenters. The molecule has 1 aromatic heterocycles. The molecule has 1 aliphatic rings. The largest absolute Gasteiger partial charge is 0.464 e. The van der Waals surface area contributed by atoms with Crippen LogP contribution in [0.5, 0.6) is 0 Å². The number of nitrogens with one attached hydrogen (secondary N) is 1. The summed E-state index contributed by atoms with van der Waals surface area (Å²) in [5.74, 6) is 0.497. The van der Waals surface area contributed by atoms with E-state index in [9.17, 15) is 4.79 Å². The van der Waals surface area contributed by atoms with Gasteiger partial charge in [0.25, 0.3) is 0 Å².